The van der Waals surface area contributed by atoms with Gasteiger partial charge in [0.2, 0.25) is 5.76 Å². The minimum absolute atomic E-state index is 0.227. The summed E-state index contributed by atoms with van der Waals surface area (Å²) in [7, 11) is 1.70. The smallest absolute Gasteiger partial charge is 0.293 e. The Kier molecular flexibility index (Phi) is 3.39. The van der Waals surface area contributed by atoms with Gasteiger partial charge in [-0.2, -0.15) is 0 Å². The van der Waals surface area contributed by atoms with Gasteiger partial charge in [0, 0.05) is 13.6 Å². The Bertz CT molecular complexity index is 776. The van der Waals surface area contributed by atoms with E-state index in [0.29, 0.717) is 17.4 Å². The minimum atomic E-state index is -0.227. The SMILES string of the molecule is CCn1cnnc1CN(C)C(=O)c1onc2ccccc12. The Morgan fingerprint density at radius 2 is 2.19 bits per heavy atom. The molecule has 0 aliphatic rings. The Balaban J connectivity index is 1.84. The van der Waals surface area contributed by atoms with E-state index in [-0.39, 0.29) is 11.7 Å². The molecule has 0 aliphatic carbocycles. The highest BCUT2D eigenvalue weighted by atomic mass is 16.5. The van der Waals surface area contributed by atoms with Crippen LogP contribution in [0.25, 0.3) is 10.9 Å². The second-order valence-electron chi connectivity index (χ2n) is 4.72. The van der Waals surface area contributed by atoms with Gasteiger partial charge >= 0.3 is 0 Å². The Morgan fingerprint density at radius 1 is 1.38 bits per heavy atom. The van der Waals surface area contributed by atoms with Crippen LogP contribution in [0.4, 0.5) is 0 Å². The molecule has 0 atom stereocenters. The highest BCUT2D eigenvalue weighted by Crippen LogP contribution is 2.19. The lowest BCUT2D eigenvalue weighted by Crippen LogP contribution is -2.27. The number of fused-ring (bicyclic) bond motifs is 1. The van der Waals surface area contributed by atoms with Crippen LogP contribution in [0.2, 0.25) is 0 Å². The zero-order valence-electron chi connectivity index (χ0n) is 11.9. The maximum Gasteiger partial charge on any atom is 0.293 e. The fourth-order valence-electron chi connectivity index (χ4n) is 2.17. The topological polar surface area (TPSA) is 77.0 Å². The van der Waals surface area contributed by atoms with Crippen molar-refractivity contribution in [1.82, 2.24) is 24.8 Å². The number of nitrogens with zero attached hydrogens (tertiary/aromatic N) is 5. The molecule has 7 nitrogen and oxygen atoms in total. The molecule has 3 rings (SSSR count). The van der Waals surface area contributed by atoms with Gasteiger partial charge in [0.15, 0.2) is 5.82 Å². The monoisotopic (exact) mass is 285 g/mol. The van der Waals surface area contributed by atoms with Gasteiger partial charge in [-0.3, -0.25) is 4.79 Å². The number of carbonyl (C=O) groups excluding carboxylic acids is 1. The van der Waals surface area contributed by atoms with Gasteiger partial charge < -0.3 is 14.0 Å². The number of hydrogen-bond donors (Lipinski definition) is 0. The van der Waals surface area contributed by atoms with E-state index >= 15 is 0 Å². The summed E-state index contributed by atoms with van der Waals surface area (Å²) in [5.41, 5.74) is 0.672. The minimum Gasteiger partial charge on any atom is -0.350 e. The van der Waals surface area contributed by atoms with Crippen molar-refractivity contribution in [3.05, 3.63) is 42.2 Å². The van der Waals surface area contributed by atoms with Gasteiger partial charge in [-0.1, -0.05) is 17.3 Å². The van der Waals surface area contributed by atoms with Crippen LogP contribution in [0.1, 0.15) is 23.3 Å². The second kappa shape index (κ2) is 5.35. The molecule has 0 N–H and O–H groups in total. The highest BCUT2D eigenvalue weighted by Gasteiger charge is 2.21. The molecule has 108 valence electrons. The lowest BCUT2D eigenvalue weighted by atomic mass is 10.2. The van der Waals surface area contributed by atoms with Crippen LogP contribution in [0.15, 0.2) is 35.1 Å². The number of benzene rings is 1. The van der Waals surface area contributed by atoms with E-state index < -0.39 is 0 Å². The van der Waals surface area contributed by atoms with Crippen LogP contribution >= 0.6 is 0 Å². The van der Waals surface area contributed by atoms with Gasteiger partial charge in [-0.15, -0.1) is 10.2 Å². The van der Waals surface area contributed by atoms with Gasteiger partial charge in [-0.25, -0.2) is 0 Å². The standard InChI is InChI=1S/C14H15N5O2/c1-3-19-9-15-16-12(19)8-18(2)14(20)13-10-6-4-5-7-11(10)17-21-13/h4-7,9H,3,8H2,1-2H3. The molecule has 0 unspecified atom stereocenters. The number of carbonyl (C=O) groups is 1. The average Bonchev–Trinajstić information content (AvgIpc) is 3.12. The van der Waals surface area contributed by atoms with Crippen molar-refractivity contribution in [2.75, 3.05) is 7.05 Å². The van der Waals surface area contributed by atoms with E-state index in [2.05, 4.69) is 15.4 Å². The lowest BCUT2D eigenvalue weighted by Gasteiger charge is -2.15. The van der Waals surface area contributed by atoms with Crippen LogP contribution in [0.3, 0.4) is 0 Å². The predicted molar refractivity (Wildman–Crippen MR) is 75.5 cm³/mol. The van der Waals surface area contributed by atoms with E-state index in [1.165, 1.54) is 0 Å². The zero-order valence-corrected chi connectivity index (χ0v) is 11.9. The molecule has 0 aliphatic heterocycles. The van der Waals surface area contributed by atoms with E-state index in [1.54, 1.807) is 18.3 Å². The molecule has 7 heteroatoms. The first-order chi connectivity index (χ1) is 10.2. The molecule has 1 amide bonds. The molecule has 0 radical (unpaired) electrons. The van der Waals surface area contributed by atoms with Crippen molar-refractivity contribution < 1.29 is 9.32 Å². The Hall–Kier alpha value is -2.70. The first-order valence-corrected chi connectivity index (χ1v) is 6.67. The fourth-order valence-corrected chi connectivity index (χ4v) is 2.17. The molecule has 3 aromatic rings. The Labute approximate surface area is 121 Å². The summed E-state index contributed by atoms with van der Waals surface area (Å²) in [4.78, 5) is 14.0. The number of aromatic nitrogens is 4. The van der Waals surface area contributed by atoms with Crippen LogP contribution in [-0.2, 0) is 13.1 Å². The maximum absolute atomic E-state index is 12.5. The number of rotatable bonds is 4. The summed E-state index contributed by atoms with van der Waals surface area (Å²) in [6.07, 6.45) is 1.65. The van der Waals surface area contributed by atoms with Crippen LogP contribution in [-0.4, -0.2) is 37.8 Å². The van der Waals surface area contributed by atoms with Crippen molar-refractivity contribution in [3.63, 3.8) is 0 Å². The summed E-state index contributed by atoms with van der Waals surface area (Å²) in [6, 6.07) is 7.33. The molecule has 0 fully saturated rings. The highest BCUT2D eigenvalue weighted by molar-refractivity contribution is 6.03. The fraction of sp³-hybridized carbons (Fsp3) is 0.286. The molecule has 1 aromatic carbocycles. The maximum atomic E-state index is 12.5. The van der Waals surface area contributed by atoms with Crippen molar-refractivity contribution in [3.8, 4) is 0 Å². The predicted octanol–water partition coefficient (Wildman–Crippen LogP) is 1.71. The normalized spacial score (nSPS) is 11.0. The number of amides is 1. The molecule has 2 aromatic heterocycles. The molecule has 0 saturated carbocycles. The second-order valence-corrected chi connectivity index (χ2v) is 4.72. The summed E-state index contributed by atoms with van der Waals surface area (Å²) in [6.45, 7) is 3.12. The Morgan fingerprint density at radius 3 is 3.00 bits per heavy atom. The van der Waals surface area contributed by atoms with E-state index in [9.17, 15) is 4.79 Å². The van der Waals surface area contributed by atoms with Gasteiger partial charge in [0.1, 0.15) is 11.8 Å². The summed E-state index contributed by atoms with van der Waals surface area (Å²) in [5, 5.41) is 12.5. The van der Waals surface area contributed by atoms with Crippen molar-refractivity contribution in [2.24, 2.45) is 0 Å². The quantitative estimate of drug-likeness (QED) is 0.729. The van der Waals surface area contributed by atoms with Crippen LogP contribution < -0.4 is 0 Å². The molecular formula is C14H15N5O2. The molecule has 21 heavy (non-hydrogen) atoms. The number of hydrogen-bond acceptors (Lipinski definition) is 5. The van der Waals surface area contributed by atoms with Crippen LogP contribution in [0, 0.1) is 0 Å². The molecule has 0 spiro atoms. The first-order valence-electron chi connectivity index (χ1n) is 6.67. The van der Waals surface area contributed by atoms with E-state index in [4.69, 9.17) is 4.52 Å². The van der Waals surface area contributed by atoms with Crippen molar-refractivity contribution in [2.45, 2.75) is 20.0 Å². The zero-order chi connectivity index (χ0) is 14.8. The van der Waals surface area contributed by atoms with Gasteiger partial charge in [0.25, 0.3) is 5.91 Å². The third-order valence-corrected chi connectivity index (χ3v) is 3.34. The van der Waals surface area contributed by atoms with Gasteiger partial charge in [0.05, 0.1) is 11.9 Å². The van der Waals surface area contributed by atoms with Crippen LogP contribution in [0.5, 0.6) is 0 Å². The summed E-state index contributed by atoms with van der Waals surface area (Å²) >= 11 is 0. The first kappa shape index (κ1) is 13.3. The third kappa shape index (κ3) is 2.37. The third-order valence-electron chi connectivity index (χ3n) is 3.34. The van der Waals surface area contributed by atoms with E-state index in [0.717, 1.165) is 12.4 Å². The average molecular weight is 285 g/mol. The molecule has 2 heterocycles. The van der Waals surface area contributed by atoms with Gasteiger partial charge in [-0.05, 0) is 19.1 Å². The lowest BCUT2D eigenvalue weighted by molar-refractivity contribution is 0.0741. The van der Waals surface area contributed by atoms with E-state index in [1.807, 2.05) is 35.8 Å². The number of aryl methyl sites for hydroxylation is 1. The summed E-state index contributed by atoms with van der Waals surface area (Å²) in [5.74, 6) is 0.752. The van der Waals surface area contributed by atoms with Crippen molar-refractivity contribution >= 4 is 16.8 Å². The largest absolute Gasteiger partial charge is 0.350 e. The molecule has 0 bridgehead atoms. The van der Waals surface area contributed by atoms with Crippen molar-refractivity contribution in [1.29, 1.82) is 0 Å². The molecular weight excluding hydrogens is 270 g/mol. The molecule has 0 saturated heterocycles. The summed E-state index contributed by atoms with van der Waals surface area (Å²) < 4.78 is 7.08.